The summed E-state index contributed by atoms with van der Waals surface area (Å²) in [5.41, 5.74) is 6.46. The van der Waals surface area contributed by atoms with E-state index in [2.05, 4.69) is 17.4 Å². The van der Waals surface area contributed by atoms with Crippen molar-refractivity contribution in [1.82, 2.24) is 9.88 Å². The van der Waals surface area contributed by atoms with E-state index in [4.69, 9.17) is 20.4 Å². The molecule has 7 nitrogen and oxygen atoms in total. The molecule has 0 unspecified atom stereocenters. The van der Waals surface area contributed by atoms with E-state index >= 15 is 0 Å². The Morgan fingerprint density at radius 3 is 2.64 bits per heavy atom. The number of nitrogens with one attached hydrogen (secondary N) is 1. The van der Waals surface area contributed by atoms with E-state index in [1.165, 1.54) is 32.1 Å². The number of aromatic nitrogens is 1. The van der Waals surface area contributed by atoms with Gasteiger partial charge in [0.25, 0.3) is 5.91 Å². The van der Waals surface area contributed by atoms with Crippen molar-refractivity contribution in [2.24, 2.45) is 22.6 Å². The van der Waals surface area contributed by atoms with Crippen molar-refractivity contribution in [1.29, 1.82) is 0 Å². The number of ether oxygens (including phenoxy) is 1. The second-order valence-electron chi connectivity index (χ2n) is 11.2. The maximum absolute atomic E-state index is 13.4. The molecule has 36 heavy (non-hydrogen) atoms. The number of guanidine groups is 1. The topological polar surface area (TPSA) is 92.8 Å². The van der Waals surface area contributed by atoms with Gasteiger partial charge in [-0.25, -0.2) is 9.98 Å². The molecule has 0 saturated heterocycles. The second-order valence-corrected chi connectivity index (χ2v) is 11.2. The van der Waals surface area contributed by atoms with Gasteiger partial charge in [-0.3, -0.25) is 9.69 Å². The smallest absolute Gasteiger partial charge is 0.257 e. The maximum atomic E-state index is 13.4. The number of carbonyl (C=O) groups is 1. The molecular weight excluding hydrogens is 450 g/mol. The van der Waals surface area contributed by atoms with E-state index < -0.39 is 5.54 Å². The molecule has 2 saturated carbocycles. The van der Waals surface area contributed by atoms with Crippen LogP contribution in [0.25, 0.3) is 10.9 Å². The number of pyridine rings is 1. The molecule has 0 radical (unpaired) electrons. The average Bonchev–Trinajstić information content (AvgIpc) is 3.11. The van der Waals surface area contributed by atoms with Crippen LogP contribution in [-0.4, -0.2) is 47.5 Å². The first-order chi connectivity index (χ1) is 17.5. The fourth-order valence-electron chi connectivity index (χ4n) is 6.68. The number of carbonyl (C=O) groups excluding carboxylic acids is 1. The molecule has 0 bridgehead atoms. The third kappa shape index (κ3) is 5.30. The number of rotatable bonds is 8. The van der Waals surface area contributed by atoms with Gasteiger partial charge >= 0.3 is 0 Å². The van der Waals surface area contributed by atoms with Crippen LogP contribution in [-0.2, 0) is 4.79 Å². The Kier molecular flexibility index (Phi) is 7.35. The van der Waals surface area contributed by atoms with E-state index in [0.29, 0.717) is 17.9 Å². The van der Waals surface area contributed by atoms with E-state index in [1.807, 2.05) is 18.2 Å². The van der Waals surface area contributed by atoms with Gasteiger partial charge in [-0.2, -0.15) is 0 Å². The standard InChI is InChI=1S/C29H41N5O2/c1-34-27(35)29(33-28(34)30,16-15-20-7-4-3-5-8-20)19-21-9-6-10-23(17-21)31-26-14-11-22-18-24(36-2)12-13-25(22)32-26/h11-14,18,20-21,23H,3-10,15-17,19H2,1-2H3,(H2,30,33)(H,31,32)/t21-,23+,29+/m0/s1. The third-order valence-electron chi connectivity index (χ3n) is 8.72. The molecule has 3 atom stereocenters. The summed E-state index contributed by atoms with van der Waals surface area (Å²) in [6.07, 6.45) is 13.7. The Morgan fingerprint density at radius 1 is 1.08 bits per heavy atom. The van der Waals surface area contributed by atoms with Crippen LogP contribution < -0.4 is 15.8 Å². The van der Waals surface area contributed by atoms with Gasteiger partial charge < -0.3 is 15.8 Å². The van der Waals surface area contributed by atoms with Crippen molar-refractivity contribution in [2.45, 2.75) is 88.6 Å². The van der Waals surface area contributed by atoms with Crippen LogP contribution in [0.2, 0.25) is 0 Å². The summed E-state index contributed by atoms with van der Waals surface area (Å²) in [6.45, 7) is 0. The van der Waals surface area contributed by atoms with Crippen molar-refractivity contribution in [2.75, 3.05) is 19.5 Å². The lowest BCUT2D eigenvalue weighted by molar-refractivity contribution is -0.131. The molecule has 3 aliphatic rings. The molecule has 2 aliphatic carbocycles. The van der Waals surface area contributed by atoms with Crippen molar-refractivity contribution in [3.8, 4) is 5.75 Å². The van der Waals surface area contributed by atoms with Crippen LogP contribution in [0, 0.1) is 11.8 Å². The molecule has 0 spiro atoms. The first-order valence-electron chi connectivity index (χ1n) is 13.8. The number of likely N-dealkylation sites (N-methyl/N-ethyl adjacent to an activating group) is 1. The highest BCUT2D eigenvalue weighted by molar-refractivity contribution is 6.06. The highest BCUT2D eigenvalue weighted by Gasteiger charge is 2.48. The molecule has 2 heterocycles. The number of benzene rings is 1. The summed E-state index contributed by atoms with van der Waals surface area (Å²) in [6, 6.07) is 10.5. The van der Waals surface area contributed by atoms with E-state index in [0.717, 1.165) is 73.3 Å². The Hall–Kier alpha value is -2.83. The lowest BCUT2D eigenvalue weighted by atomic mass is 9.74. The molecule has 5 rings (SSSR count). The van der Waals surface area contributed by atoms with Crippen LogP contribution in [0.1, 0.15) is 77.0 Å². The van der Waals surface area contributed by atoms with Gasteiger partial charge in [0.2, 0.25) is 0 Å². The summed E-state index contributed by atoms with van der Waals surface area (Å²) in [7, 11) is 3.46. The van der Waals surface area contributed by atoms with Gasteiger partial charge in [-0.05, 0) is 74.3 Å². The third-order valence-corrected chi connectivity index (χ3v) is 8.72. The van der Waals surface area contributed by atoms with E-state index in [1.54, 1.807) is 19.1 Å². The number of amides is 1. The zero-order valence-electron chi connectivity index (χ0n) is 21.8. The van der Waals surface area contributed by atoms with Crippen LogP contribution in [0.5, 0.6) is 5.75 Å². The van der Waals surface area contributed by atoms with Gasteiger partial charge in [0.15, 0.2) is 5.96 Å². The van der Waals surface area contributed by atoms with E-state index in [-0.39, 0.29) is 5.91 Å². The molecule has 7 heteroatoms. The fourth-order valence-corrected chi connectivity index (χ4v) is 6.68. The largest absolute Gasteiger partial charge is 0.497 e. The van der Waals surface area contributed by atoms with Crippen LogP contribution >= 0.6 is 0 Å². The first-order valence-corrected chi connectivity index (χ1v) is 13.8. The van der Waals surface area contributed by atoms with Crippen molar-refractivity contribution in [3.05, 3.63) is 30.3 Å². The summed E-state index contributed by atoms with van der Waals surface area (Å²) in [4.78, 5) is 24.7. The number of anilines is 1. The number of nitrogens with zero attached hydrogens (tertiary/aromatic N) is 3. The number of fused-ring (bicyclic) bond motifs is 1. The molecule has 2 fully saturated rings. The van der Waals surface area contributed by atoms with Gasteiger partial charge in [0.1, 0.15) is 17.1 Å². The monoisotopic (exact) mass is 491 g/mol. The number of nitrogens with two attached hydrogens (primary N) is 1. The van der Waals surface area contributed by atoms with Gasteiger partial charge in [0, 0.05) is 18.5 Å². The van der Waals surface area contributed by atoms with Gasteiger partial charge in [0.05, 0.1) is 12.6 Å². The van der Waals surface area contributed by atoms with E-state index in [9.17, 15) is 4.79 Å². The lowest BCUT2D eigenvalue weighted by Gasteiger charge is -2.35. The minimum absolute atomic E-state index is 0.0949. The second kappa shape index (κ2) is 10.7. The number of aliphatic imine (C=N–C) groups is 1. The van der Waals surface area contributed by atoms with Crippen molar-refractivity contribution < 1.29 is 9.53 Å². The Balaban J connectivity index is 1.26. The minimum Gasteiger partial charge on any atom is -0.497 e. The molecule has 1 aliphatic heterocycles. The predicted octanol–water partition coefficient (Wildman–Crippen LogP) is 5.49. The SMILES string of the molecule is COc1ccc2nc(N[C@@H]3CCC[C@H](C[C@@]4(CCC5CCCCC5)N=C(N)N(C)C4=O)C3)ccc2c1. The van der Waals surface area contributed by atoms with Gasteiger partial charge in [-0.15, -0.1) is 0 Å². The summed E-state index contributed by atoms with van der Waals surface area (Å²) < 4.78 is 5.33. The maximum Gasteiger partial charge on any atom is 0.257 e. The highest BCUT2D eigenvalue weighted by atomic mass is 16.5. The summed E-state index contributed by atoms with van der Waals surface area (Å²) >= 11 is 0. The normalized spacial score (nSPS) is 27.3. The van der Waals surface area contributed by atoms with Gasteiger partial charge in [-0.1, -0.05) is 44.9 Å². The highest BCUT2D eigenvalue weighted by Crippen LogP contribution is 2.41. The minimum atomic E-state index is -0.677. The quantitative estimate of drug-likeness (QED) is 0.509. The molecule has 3 N–H and O–H groups in total. The molecule has 1 amide bonds. The van der Waals surface area contributed by atoms with Crippen LogP contribution in [0.4, 0.5) is 5.82 Å². The predicted molar refractivity (Wildman–Crippen MR) is 145 cm³/mol. The Bertz CT molecular complexity index is 1110. The fraction of sp³-hybridized carbons (Fsp3) is 0.621. The number of methoxy groups -OCH3 is 1. The lowest BCUT2D eigenvalue weighted by Crippen LogP contribution is -2.44. The Morgan fingerprint density at radius 2 is 1.89 bits per heavy atom. The molecule has 1 aromatic heterocycles. The molecular formula is C29H41N5O2. The summed E-state index contributed by atoms with van der Waals surface area (Å²) in [5, 5.41) is 4.75. The molecule has 2 aromatic rings. The van der Waals surface area contributed by atoms with Crippen LogP contribution in [0.15, 0.2) is 35.3 Å². The van der Waals surface area contributed by atoms with Crippen LogP contribution in [0.3, 0.4) is 0 Å². The zero-order chi connectivity index (χ0) is 25.1. The number of hydrogen-bond acceptors (Lipinski definition) is 6. The van der Waals surface area contributed by atoms with Crippen molar-refractivity contribution in [3.63, 3.8) is 0 Å². The first kappa shape index (κ1) is 24.8. The summed E-state index contributed by atoms with van der Waals surface area (Å²) in [5.74, 6) is 3.39. The average molecular weight is 492 g/mol. The molecule has 194 valence electrons. The number of hydrogen-bond donors (Lipinski definition) is 2. The van der Waals surface area contributed by atoms with Crippen molar-refractivity contribution >= 4 is 28.6 Å². The zero-order valence-corrected chi connectivity index (χ0v) is 21.8. The Labute approximate surface area is 214 Å². The molecule has 1 aromatic carbocycles.